The predicted octanol–water partition coefficient (Wildman–Crippen LogP) is 12.4. The van der Waals surface area contributed by atoms with Crippen LogP contribution in [-0.2, 0) is 5.41 Å². The van der Waals surface area contributed by atoms with Crippen LogP contribution in [0.25, 0.3) is 44.2 Å². The number of anilines is 3. The lowest BCUT2D eigenvalue weighted by Crippen LogP contribution is -2.55. The van der Waals surface area contributed by atoms with Gasteiger partial charge in [0.15, 0.2) is 0 Å². The van der Waals surface area contributed by atoms with Crippen LogP contribution in [0.15, 0.2) is 144 Å². The molecule has 0 saturated heterocycles. The number of nitrogens with zero attached hydrogens (tertiary/aromatic N) is 1. The molecule has 0 radical (unpaired) electrons. The molecule has 7 aromatic rings. The normalized spacial score (nSPS) is 24.8. The third kappa shape index (κ3) is 3.69. The van der Waals surface area contributed by atoms with Crippen molar-refractivity contribution in [3.8, 4) is 22.3 Å². The summed E-state index contributed by atoms with van der Waals surface area (Å²) in [5.74, 6) is 3.41. The molecule has 12 rings (SSSR count). The summed E-state index contributed by atoms with van der Waals surface area (Å²) < 4.78 is 6.25. The summed E-state index contributed by atoms with van der Waals surface area (Å²) in [6.07, 6.45) is 7.09. The lowest BCUT2D eigenvalue weighted by Gasteiger charge is -2.61. The molecule has 4 fully saturated rings. The molecule has 0 unspecified atom stereocenters. The van der Waals surface area contributed by atoms with Crippen LogP contribution >= 0.6 is 0 Å². The lowest BCUT2D eigenvalue weighted by atomic mass is 9.43. The fourth-order valence-corrected chi connectivity index (χ4v) is 11.0. The number of hydrogen-bond donors (Lipinski definition) is 0. The number of furan rings is 1. The van der Waals surface area contributed by atoms with Crippen molar-refractivity contribution in [1.29, 1.82) is 0 Å². The highest BCUT2D eigenvalue weighted by molar-refractivity contribution is 6.06. The van der Waals surface area contributed by atoms with E-state index in [0.717, 1.165) is 57.0 Å². The second kappa shape index (κ2) is 9.97. The zero-order valence-corrected chi connectivity index (χ0v) is 27.0. The second-order valence-electron chi connectivity index (χ2n) is 15.0. The molecule has 2 heteroatoms. The van der Waals surface area contributed by atoms with Crippen LogP contribution in [0.5, 0.6) is 0 Å². The van der Waals surface area contributed by atoms with Gasteiger partial charge < -0.3 is 9.32 Å². The first-order chi connectivity index (χ1) is 23.7. The zero-order chi connectivity index (χ0) is 31.4. The van der Waals surface area contributed by atoms with Crippen molar-refractivity contribution in [2.45, 2.75) is 37.5 Å². The fourth-order valence-electron chi connectivity index (χ4n) is 11.0. The van der Waals surface area contributed by atoms with Gasteiger partial charge in [0.25, 0.3) is 0 Å². The molecule has 5 aliphatic carbocycles. The molecular formula is C46H37NO. The van der Waals surface area contributed by atoms with Gasteiger partial charge in [-0.15, -0.1) is 0 Å². The SMILES string of the molecule is c1ccc(-c2ccc(N(c3ccc4c(c3)-c3ccccc3C43C4CC5CC(C4)CC3C5)c3ccc4oc5ccccc5c4c3)cc2)cc1. The number of rotatable bonds is 4. The summed E-state index contributed by atoms with van der Waals surface area (Å²) in [7, 11) is 0. The number of benzene rings is 6. The third-order valence-electron chi connectivity index (χ3n) is 12.6. The van der Waals surface area contributed by atoms with Crippen molar-refractivity contribution in [2.75, 3.05) is 4.90 Å². The van der Waals surface area contributed by atoms with Crippen LogP contribution in [0.1, 0.15) is 43.2 Å². The van der Waals surface area contributed by atoms with E-state index in [0.29, 0.717) is 0 Å². The number of fused-ring (bicyclic) bond motifs is 6. The Kier molecular flexibility index (Phi) is 5.59. The van der Waals surface area contributed by atoms with Gasteiger partial charge in [-0.2, -0.15) is 0 Å². The van der Waals surface area contributed by atoms with Gasteiger partial charge in [-0.3, -0.25) is 0 Å². The summed E-state index contributed by atoms with van der Waals surface area (Å²) >= 11 is 0. The molecular weight excluding hydrogens is 583 g/mol. The number of hydrogen-bond acceptors (Lipinski definition) is 2. The van der Waals surface area contributed by atoms with Crippen LogP contribution in [-0.4, -0.2) is 0 Å². The Balaban J connectivity index is 1.10. The quantitative estimate of drug-likeness (QED) is 0.195. The maximum absolute atomic E-state index is 6.25. The van der Waals surface area contributed by atoms with E-state index in [1.807, 2.05) is 6.07 Å². The molecule has 1 spiro atoms. The zero-order valence-electron chi connectivity index (χ0n) is 27.0. The molecule has 2 nitrogen and oxygen atoms in total. The smallest absolute Gasteiger partial charge is 0.135 e. The summed E-state index contributed by atoms with van der Waals surface area (Å²) in [6, 6.07) is 51.7. The van der Waals surface area contributed by atoms with Gasteiger partial charge in [0, 0.05) is 33.2 Å². The van der Waals surface area contributed by atoms with Gasteiger partial charge >= 0.3 is 0 Å². The Morgan fingerprint density at radius 2 is 1.06 bits per heavy atom. The molecule has 5 aliphatic rings. The van der Waals surface area contributed by atoms with Crippen molar-refractivity contribution in [1.82, 2.24) is 0 Å². The molecule has 6 aromatic carbocycles. The Labute approximate surface area is 281 Å². The Hall–Kier alpha value is -5.08. The van der Waals surface area contributed by atoms with Crippen LogP contribution < -0.4 is 4.90 Å². The van der Waals surface area contributed by atoms with E-state index in [1.165, 1.54) is 60.0 Å². The first kappa shape index (κ1) is 26.9. The topological polar surface area (TPSA) is 16.4 Å². The van der Waals surface area contributed by atoms with Crippen molar-refractivity contribution >= 4 is 39.0 Å². The van der Waals surface area contributed by atoms with Crippen LogP contribution in [0, 0.1) is 23.7 Å². The largest absolute Gasteiger partial charge is 0.456 e. The highest BCUT2D eigenvalue weighted by atomic mass is 16.3. The van der Waals surface area contributed by atoms with E-state index in [-0.39, 0.29) is 5.41 Å². The average molecular weight is 620 g/mol. The summed E-state index contributed by atoms with van der Waals surface area (Å²) in [6.45, 7) is 0. The minimum Gasteiger partial charge on any atom is -0.456 e. The highest BCUT2D eigenvalue weighted by Gasteiger charge is 2.61. The maximum atomic E-state index is 6.25. The van der Waals surface area contributed by atoms with Crippen molar-refractivity contribution in [3.63, 3.8) is 0 Å². The van der Waals surface area contributed by atoms with Crippen molar-refractivity contribution in [3.05, 3.63) is 151 Å². The van der Waals surface area contributed by atoms with Crippen LogP contribution in [0.3, 0.4) is 0 Å². The Morgan fingerprint density at radius 3 is 1.88 bits per heavy atom. The van der Waals surface area contributed by atoms with Crippen LogP contribution in [0.2, 0.25) is 0 Å². The average Bonchev–Trinajstić information content (AvgIpc) is 3.65. The minimum absolute atomic E-state index is 0.175. The molecule has 0 amide bonds. The highest BCUT2D eigenvalue weighted by Crippen LogP contribution is 2.69. The minimum atomic E-state index is 0.175. The van der Waals surface area contributed by atoms with E-state index in [2.05, 4.69) is 138 Å². The summed E-state index contributed by atoms with van der Waals surface area (Å²) in [5.41, 5.74) is 14.1. The van der Waals surface area contributed by atoms with E-state index in [9.17, 15) is 0 Å². The predicted molar refractivity (Wildman–Crippen MR) is 197 cm³/mol. The molecule has 232 valence electrons. The van der Waals surface area contributed by atoms with Gasteiger partial charge in [0.1, 0.15) is 11.2 Å². The monoisotopic (exact) mass is 619 g/mol. The fraction of sp³-hybridized carbons (Fsp3) is 0.217. The summed E-state index contributed by atoms with van der Waals surface area (Å²) in [5, 5.41) is 2.30. The first-order valence-corrected chi connectivity index (χ1v) is 17.9. The van der Waals surface area contributed by atoms with Crippen molar-refractivity contribution < 1.29 is 4.42 Å². The molecule has 0 N–H and O–H groups in total. The van der Waals surface area contributed by atoms with Gasteiger partial charge in [-0.1, -0.05) is 91.0 Å². The number of para-hydroxylation sites is 1. The molecule has 1 aromatic heterocycles. The molecule has 4 bridgehead atoms. The van der Waals surface area contributed by atoms with Crippen LogP contribution in [0.4, 0.5) is 17.1 Å². The molecule has 0 aliphatic heterocycles. The van der Waals surface area contributed by atoms with E-state index in [4.69, 9.17) is 4.42 Å². The van der Waals surface area contributed by atoms with Crippen molar-refractivity contribution in [2.24, 2.45) is 23.7 Å². The van der Waals surface area contributed by atoms with Gasteiger partial charge in [0.05, 0.1) is 0 Å². The van der Waals surface area contributed by atoms with E-state index in [1.54, 1.807) is 11.1 Å². The Bertz CT molecular complexity index is 2340. The first-order valence-electron chi connectivity index (χ1n) is 17.9. The maximum Gasteiger partial charge on any atom is 0.135 e. The van der Waals surface area contributed by atoms with Gasteiger partial charge in [-0.05, 0) is 138 Å². The van der Waals surface area contributed by atoms with Gasteiger partial charge in [-0.25, -0.2) is 0 Å². The molecule has 48 heavy (non-hydrogen) atoms. The van der Waals surface area contributed by atoms with E-state index >= 15 is 0 Å². The second-order valence-corrected chi connectivity index (χ2v) is 15.0. The summed E-state index contributed by atoms with van der Waals surface area (Å²) in [4.78, 5) is 2.45. The van der Waals surface area contributed by atoms with E-state index < -0.39 is 0 Å². The lowest BCUT2D eigenvalue weighted by molar-refractivity contribution is -0.0399. The third-order valence-corrected chi connectivity index (χ3v) is 12.6. The Morgan fingerprint density at radius 1 is 0.458 bits per heavy atom. The molecule has 4 saturated carbocycles. The molecule has 0 atom stereocenters. The standard InChI is InChI=1S/C46H37NO/c1-2-8-31(9-3-1)32-14-16-35(17-15-32)47(37-19-21-45-41(28-37)39-11-5-7-13-44(39)48-45)36-18-20-43-40(27-36)38-10-4-6-12-42(38)46(43)33-23-29-22-30(25-33)26-34(46)24-29/h1-21,27-30,33-34H,22-26H2. The van der Waals surface area contributed by atoms with Gasteiger partial charge in [0.2, 0.25) is 0 Å². The molecule has 1 heterocycles.